The van der Waals surface area contributed by atoms with Crippen LogP contribution in [0.3, 0.4) is 0 Å². The smallest absolute Gasteiger partial charge is 0.283 e. The minimum Gasteiger partial charge on any atom is -0.383 e. The number of hydrogen-bond donors (Lipinski definition) is 1. The van der Waals surface area contributed by atoms with Crippen LogP contribution in [0.4, 0.5) is 5.69 Å². The molecule has 1 N–H and O–H groups in total. The highest BCUT2D eigenvalue weighted by Crippen LogP contribution is 2.17. The number of anilines is 1. The Morgan fingerprint density at radius 3 is 2.85 bits per heavy atom. The molecule has 0 radical (unpaired) electrons. The maximum Gasteiger partial charge on any atom is 0.283 e. The molecular formula is C12H16BrN5O2. The van der Waals surface area contributed by atoms with E-state index in [4.69, 9.17) is 4.74 Å². The average molecular weight is 342 g/mol. The third-order valence-electron chi connectivity index (χ3n) is 2.73. The molecule has 0 unspecified atom stereocenters. The van der Waals surface area contributed by atoms with Crippen LogP contribution in [0.5, 0.6) is 0 Å². The zero-order valence-corrected chi connectivity index (χ0v) is 12.9. The van der Waals surface area contributed by atoms with Gasteiger partial charge in [0.05, 0.1) is 31.2 Å². The molecule has 0 spiro atoms. The Morgan fingerprint density at radius 2 is 2.20 bits per heavy atom. The second-order valence-corrected chi connectivity index (χ2v) is 5.06. The van der Waals surface area contributed by atoms with E-state index in [0.29, 0.717) is 29.9 Å². The van der Waals surface area contributed by atoms with Gasteiger partial charge in [0.15, 0.2) is 0 Å². The predicted molar refractivity (Wildman–Crippen MR) is 78.6 cm³/mol. The molecule has 7 nitrogen and oxygen atoms in total. The van der Waals surface area contributed by atoms with Crippen LogP contribution in [0.2, 0.25) is 0 Å². The third kappa shape index (κ3) is 3.45. The van der Waals surface area contributed by atoms with E-state index in [2.05, 4.69) is 31.4 Å². The van der Waals surface area contributed by atoms with Gasteiger partial charge in [-0.25, -0.2) is 4.68 Å². The van der Waals surface area contributed by atoms with Crippen molar-refractivity contribution >= 4 is 21.6 Å². The minimum absolute atomic E-state index is 0.182. The molecule has 2 heterocycles. The summed E-state index contributed by atoms with van der Waals surface area (Å²) in [5.41, 5.74) is 1.51. The lowest BCUT2D eigenvalue weighted by Gasteiger charge is -2.09. The lowest BCUT2D eigenvalue weighted by molar-refractivity contribution is 0.181. The summed E-state index contributed by atoms with van der Waals surface area (Å²) in [5, 5.41) is 11.4. The van der Waals surface area contributed by atoms with Crippen molar-refractivity contribution in [3.05, 3.63) is 39.0 Å². The fraction of sp³-hybridized carbons (Fsp3) is 0.417. The monoisotopic (exact) mass is 341 g/mol. The van der Waals surface area contributed by atoms with E-state index in [1.807, 2.05) is 13.2 Å². The molecule has 0 saturated heterocycles. The summed E-state index contributed by atoms with van der Waals surface area (Å²) in [6, 6.07) is 0. The number of halogens is 1. The van der Waals surface area contributed by atoms with Crippen molar-refractivity contribution in [2.45, 2.75) is 13.1 Å². The maximum atomic E-state index is 12.1. The zero-order valence-electron chi connectivity index (χ0n) is 11.3. The van der Waals surface area contributed by atoms with Gasteiger partial charge in [-0.05, 0) is 15.9 Å². The van der Waals surface area contributed by atoms with E-state index in [9.17, 15) is 4.79 Å². The van der Waals surface area contributed by atoms with E-state index in [1.165, 1.54) is 4.68 Å². The van der Waals surface area contributed by atoms with Gasteiger partial charge in [-0.3, -0.25) is 9.48 Å². The van der Waals surface area contributed by atoms with Crippen molar-refractivity contribution in [1.29, 1.82) is 0 Å². The van der Waals surface area contributed by atoms with E-state index in [0.717, 1.165) is 5.56 Å². The van der Waals surface area contributed by atoms with E-state index < -0.39 is 0 Å². The molecule has 0 aromatic carbocycles. The number of nitrogens with one attached hydrogen (secondary N) is 1. The summed E-state index contributed by atoms with van der Waals surface area (Å²) >= 11 is 3.30. The first-order valence-electron chi connectivity index (χ1n) is 6.07. The van der Waals surface area contributed by atoms with Crippen LogP contribution >= 0.6 is 15.9 Å². The molecule has 0 saturated carbocycles. The normalized spacial score (nSPS) is 10.8. The van der Waals surface area contributed by atoms with Gasteiger partial charge < -0.3 is 10.1 Å². The summed E-state index contributed by atoms with van der Waals surface area (Å²) in [5.74, 6) is 0. The molecule has 0 aliphatic carbocycles. The molecule has 20 heavy (non-hydrogen) atoms. The molecule has 0 aliphatic heterocycles. The highest BCUT2D eigenvalue weighted by molar-refractivity contribution is 9.10. The molecule has 0 fully saturated rings. The largest absolute Gasteiger partial charge is 0.383 e. The first-order valence-corrected chi connectivity index (χ1v) is 6.87. The topological polar surface area (TPSA) is 74.0 Å². The van der Waals surface area contributed by atoms with Gasteiger partial charge in [-0.1, -0.05) is 0 Å². The number of nitrogens with zero attached hydrogens (tertiary/aromatic N) is 4. The lowest BCUT2D eigenvalue weighted by Crippen LogP contribution is -2.26. The molecular weight excluding hydrogens is 326 g/mol. The van der Waals surface area contributed by atoms with Gasteiger partial charge >= 0.3 is 0 Å². The number of aromatic nitrogens is 4. The van der Waals surface area contributed by atoms with Crippen LogP contribution in [-0.2, 0) is 24.9 Å². The molecule has 0 bridgehead atoms. The van der Waals surface area contributed by atoms with E-state index in [-0.39, 0.29) is 5.56 Å². The molecule has 8 heteroatoms. The molecule has 0 atom stereocenters. The molecule has 0 amide bonds. The summed E-state index contributed by atoms with van der Waals surface area (Å²) in [7, 11) is 3.45. The van der Waals surface area contributed by atoms with Crippen molar-refractivity contribution in [3.8, 4) is 0 Å². The summed E-state index contributed by atoms with van der Waals surface area (Å²) in [6.07, 6.45) is 5.31. The Kier molecular flexibility index (Phi) is 4.91. The number of hydrogen-bond acceptors (Lipinski definition) is 5. The summed E-state index contributed by atoms with van der Waals surface area (Å²) in [6.45, 7) is 1.45. The Bertz CT molecular complexity index is 637. The summed E-state index contributed by atoms with van der Waals surface area (Å²) < 4.78 is 8.50. The number of ether oxygens (including phenoxy) is 1. The van der Waals surface area contributed by atoms with Crippen molar-refractivity contribution in [3.63, 3.8) is 0 Å². The molecule has 0 aliphatic rings. The second-order valence-electron chi connectivity index (χ2n) is 4.27. The highest BCUT2D eigenvalue weighted by atomic mass is 79.9. The van der Waals surface area contributed by atoms with Gasteiger partial charge in [-0.15, -0.1) is 0 Å². The van der Waals surface area contributed by atoms with Crippen LogP contribution < -0.4 is 10.9 Å². The van der Waals surface area contributed by atoms with Crippen LogP contribution in [0.25, 0.3) is 0 Å². The summed E-state index contributed by atoms with van der Waals surface area (Å²) in [4.78, 5) is 12.1. The Balaban J connectivity index is 2.09. The Morgan fingerprint density at radius 1 is 1.40 bits per heavy atom. The van der Waals surface area contributed by atoms with Crippen LogP contribution in [0.15, 0.2) is 27.9 Å². The molecule has 2 aromatic rings. The van der Waals surface area contributed by atoms with E-state index in [1.54, 1.807) is 24.2 Å². The van der Waals surface area contributed by atoms with Crippen LogP contribution in [0, 0.1) is 0 Å². The highest BCUT2D eigenvalue weighted by Gasteiger charge is 2.08. The second kappa shape index (κ2) is 6.67. The third-order valence-corrected chi connectivity index (χ3v) is 3.50. The molecule has 2 aromatic heterocycles. The lowest BCUT2D eigenvalue weighted by atomic mass is 10.3. The molecule has 2 rings (SSSR count). The first kappa shape index (κ1) is 14.7. The van der Waals surface area contributed by atoms with Crippen molar-refractivity contribution in [1.82, 2.24) is 19.6 Å². The fourth-order valence-corrected chi connectivity index (χ4v) is 2.13. The molecule has 108 valence electrons. The number of rotatable bonds is 6. The van der Waals surface area contributed by atoms with Crippen LogP contribution in [0.1, 0.15) is 5.56 Å². The van der Waals surface area contributed by atoms with Gasteiger partial charge in [0.2, 0.25) is 0 Å². The standard InChI is InChI=1S/C12H16BrN5O2/c1-17-8-9(6-15-17)5-14-10-7-16-18(3-4-20-2)12(19)11(10)13/h6-8,14H,3-5H2,1-2H3. The maximum absolute atomic E-state index is 12.1. The number of methoxy groups -OCH3 is 1. The van der Waals surface area contributed by atoms with Crippen molar-refractivity contribution in [2.24, 2.45) is 7.05 Å². The zero-order chi connectivity index (χ0) is 14.5. The Labute approximate surface area is 124 Å². The first-order chi connectivity index (χ1) is 9.61. The van der Waals surface area contributed by atoms with Crippen molar-refractivity contribution in [2.75, 3.05) is 19.0 Å². The van der Waals surface area contributed by atoms with E-state index >= 15 is 0 Å². The van der Waals surface area contributed by atoms with Crippen molar-refractivity contribution < 1.29 is 4.74 Å². The van der Waals surface area contributed by atoms with Gasteiger partial charge in [-0.2, -0.15) is 10.2 Å². The number of aryl methyl sites for hydroxylation is 1. The minimum atomic E-state index is -0.182. The van der Waals surface area contributed by atoms with Gasteiger partial charge in [0.1, 0.15) is 4.47 Å². The fourth-order valence-electron chi connectivity index (χ4n) is 1.69. The van der Waals surface area contributed by atoms with Gasteiger partial charge in [0, 0.05) is 32.5 Å². The van der Waals surface area contributed by atoms with Crippen LogP contribution in [-0.4, -0.2) is 33.3 Å². The average Bonchev–Trinajstić information content (AvgIpc) is 2.85. The quantitative estimate of drug-likeness (QED) is 0.848. The predicted octanol–water partition coefficient (Wildman–Crippen LogP) is 0.998. The van der Waals surface area contributed by atoms with Gasteiger partial charge in [0.25, 0.3) is 5.56 Å². The Hall–Kier alpha value is -1.67. The SMILES string of the molecule is COCCn1ncc(NCc2cnn(C)c2)c(Br)c1=O.